The zero-order valence-electron chi connectivity index (χ0n) is 20.5. The molecule has 0 radical (unpaired) electrons. The fourth-order valence-electron chi connectivity index (χ4n) is 5.44. The molecule has 3 fully saturated rings. The highest BCUT2D eigenvalue weighted by molar-refractivity contribution is 5.94. The molecule has 3 aliphatic rings. The molecule has 6 rings (SSSR count). The number of aromatic nitrogens is 3. The molecule has 0 unspecified atom stereocenters. The highest BCUT2D eigenvalue weighted by Gasteiger charge is 2.39. The van der Waals surface area contributed by atoms with Gasteiger partial charge in [-0.2, -0.15) is 10.4 Å². The number of nitrogens with zero attached hydrogens (tertiary/aromatic N) is 6. The molecule has 3 saturated heterocycles. The summed E-state index contributed by atoms with van der Waals surface area (Å²) in [6.07, 6.45) is 3.76. The van der Waals surface area contributed by atoms with E-state index in [4.69, 9.17) is 15.5 Å². The van der Waals surface area contributed by atoms with Gasteiger partial charge in [-0.05, 0) is 49.9 Å². The van der Waals surface area contributed by atoms with E-state index in [9.17, 15) is 5.26 Å². The van der Waals surface area contributed by atoms with Gasteiger partial charge in [-0.15, -0.1) is 5.10 Å². The second kappa shape index (κ2) is 9.74. The zero-order valence-corrected chi connectivity index (χ0v) is 20.5. The Kier molecular flexibility index (Phi) is 6.52. The molecular formula is C26H32N8O. The van der Waals surface area contributed by atoms with E-state index in [1.165, 1.54) is 12.8 Å². The predicted molar refractivity (Wildman–Crippen MR) is 136 cm³/mol. The molecular weight excluding hydrogens is 440 g/mol. The van der Waals surface area contributed by atoms with E-state index in [1.807, 2.05) is 32.2 Å². The summed E-state index contributed by atoms with van der Waals surface area (Å²) in [4.78, 5) is 9.82. The van der Waals surface area contributed by atoms with Gasteiger partial charge in [0.15, 0.2) is 5.82 Å². The van der Waals surface area contributed by atoms with Crippen molar-refractivity contribution in [1.29, 1.82) is 5.26 Å². The van der Waals surface area contributed by atoms with Crippen LogP contribution in [0.15, 0.2) is 30.5 Å². The number of aryl methyl sites for hydroxylation is 1. The molecule has 3 aliphatic heterocycles. The summed E-state index contributed by atoms with van der Waals surface area (Å²) >= 11 is 0. The average Bonchev–Trinajstić information content (AvgIpc) is 2.89. The molecule has 182 valence electrons. The number of rotatable bonds is 7. The second-order valence-electron chi connectivity index (χ2n) is 9.50. The molecule has 3 atom stereocenters. The number of hydrogen-bond donors (Lipinski definition) is 2. The van der Waals surface area contributed by atoms with Gasteiger partial charge in [0.1, 0.15) is 12.0 Å². The number of nitrogens with two attached hydrogens (primary N) is 1. The lowest BCUT2D eigenvalue weighted by molar-refractivity contribution is 0.0641. The first-order valence-electron chi connectivity index (χ1n) is 12.1. The van der Waals surface area contributed by atoms with Crippen molar-refractivity contribution >= 4 is 22.4 Å². The molecule has 0 saturated carbocycles. The molecule has 9 heteroatoms. The predicted octanol–water partition coefficient (Wildman–Crippen LogP) is 2.88. The van der Waals surface area contributed by atoms with Gasteiger partial charge >= 0.3 is 0 Å². The summed E-state index contributed by atoms with van der Waals surface area (Å²) in [6, 6.07) is 10.9. The fraction of sp³-hybridized carbons (Fsp3) is 0.462. The van der Waals surface area contributed by atoms with Crippen molar-refractivity contribution in [3.05, 3.63) is 52.8 Å². The molecule has 35 heavy (non-hydrogen) atoms. The fourth-order valence-corrected chi connectivity index (χ4v) is 5.44. The number of benzene rings is 1. The second-order valence-corrected chi connectivity index (χ2v) is 9.50. The smallest absolute Gasteiger partial charge is 0.158 e. The molecule has 0 spiro atoms. The maximum Gasteiger partial charge on any atom is 0.158 e. The van der Waals surface area contributed by atoms with Crippen LogP contribution in [0.25, 0.3) is 10.8 Å². The molecule has 9 nitrogen and oxygen atoms in total. The van der Waals surface area contributed by atoms with Crippen LogP contribution in [0.2, 0.25) is 0 Å². The van der Waals surface area contributed by atoms with Gasteiger partial charge in [-0.25, -0.2) is 4.98 Å². The lowest BCUT2D eigenvalue weighted by Gasteiger charge is -2.52. The number of piperazine rings is 1. The Morgan fingerprint density at radius 1 is 1.20 bits per heavy atom. The van der Waals surface area contributed by atoms with Gasteiger partial charge in [0.05, 0.1) is 23.9 Å². The van der Waals surface area contributed by atoms with Gasteiger partial charge < -0.3 is 20.7 Å². The molecule has 5 heterocycles. The largest absolute Gasteiger partial charge is 0.383 e. The summed E-state index contributed by atoms with van der Waals surface area (Å²) < 4.78 is 5.31. The van der Waals surface area contributed by atoms with Gasteiger partial charge in [0, 0.05) is 55.8 Å². The monoisotopic (exact) mass is 472 g/mol. The van der Waals surface area contributed by atoms with Crippen LogP contribution >= 0.6 is 0 Å². The maximum absolute atomic E-state index is 9.39. The third kappa shape index (κ3) is 4.41. The third-order valence-corrected chi connectivity index (χ3v) is 7.48. The lowest BCUT2D eigenvalue weighted by Crippen LogP contribution is -2.63. The lowest BCUT2D eigenvalue weighted by atomic mass is 9.90. The highest BCUT2D eigenvalue weighted by atomic mass is 16.5. The van der Waals surface area contributed by atoms with Crippen LogP contribution < -0.4 is 16.0 Å². The Bertz CT molecular complexity index is 1270. The van der Waals surface area contributed by atoms with Crippen LogP contribution in [-0.4, -0.2) is 65.5 Å². The number of anilines is 2. The zero-order chi connectivity index (χ0) is 24.5. The molecule has 3 N–H and O–H groups in total. The summed E-state index contributed by atoms with van der Waals surface area (Å²) in [6.45, 7) is 7.60. The van der Waals surface area contributed by atoms with Gasteiger partial charge in [0.25, 0.3) is 0 Å². The number of pyridine rings is 1. The van der Waals surface area contributed by atoms with Crippen molar-refractivity contribution in [3.63, 3.8) is 0 Å². The van der Waals surface area contributed by atoms with Crippen molar-refractivity contribution < 1.29 is 4.74 Å². The van der Waals surface area contributed by atoms with Crippen LogP contribution in [0.1, 0.15) is 41.4 Å². The first-order chi connectivity index (χ1) is 17.0. The third-order valence-electron chi connectivity index (χ3n) is 7.48. The first-order valence-corrected chi connectivity index (χ1v) is 12.1. The van der Waals surface area contributed by atoms with E-state index in [-0.39, 0.29) is 0 Å². The SMILES string of the molecule is COCCN1C[C@H]2CC[C@@H]1CN2c1cc2c(N[C@H](N)c3cccc(C#N)c3C)nnc(C)c2cn1. The van der Waals surface area contributed by atoms with Gasteiger partial charge in [-0.3, -0.25) is 4.90 Å². The standard InChI is InChI=1S/C26H32N8O/c1-16-18(12-27)5-4-6-21(16)25(28)30-26-22-11-24(29-13-23(22)17(2)31-32-26)34-15-19-7-8-20(34)14-33(19)9-10-35-3/h4-6,11,13,19-20,25H,7-10,14-15,28H2,1-3H3,(H,30,32)/t19-,20-,25+/m1/s1. The number of nitrogens with one attached hydrogen (secondary N) is 1. The number of hydrogen-bond acceptors (Lipinski definition) is 9. The van der Waals surface area contributed by atoms with Crippen LogP contribution in [0.5, 0.6) is 0 Å². The van der Waals surface area contributed by atoms with Gasteiger partial charge in [-0.1, -0.05) is 12.1 Å². The van der Waals surface area contributed by atoms with Crippen molar-refractivity contribution in [2.24, 2.45) is 5.73 Å². The van der Waals surface area contributed by atoms with Crippen LogP contribution in [0, 0.1) is 25.2 Å². The number of nitriles is 1. The molecule has 2 bridgehead atoms. The Hall–Kier alpha value is -3.32. The average molecular weight is 473 g/mol. The minimum absolute atomic E-state index is 0.438. The Morgan fingerprint density at radius 3 is 2.77 bits per heavy atom. The van der Waals surface area contributed by atoms with Crippen LogP contribution in [0.3, 0.4) is 0 Å². The Labute approximate surface area is 205 Å². The minimum Gasteiger partial charge on any atom is -0.383 e. The maximum atomic E-state index is 9.39. The molecule has 1 aromatic carbocycles. The van der Waals surface area contributed by atoms with Crippen molar-refractivity contribution in [2.75, 3.05) is 43.6 Å². The molecule has 0 aliphatic carbocycles. The van der Waals surface area contributed by atoms with Crippen molar-refractivity contribution in [3.8, 4) is 6.07 Å². The summed E-state index contributed by atoms with van der Waals surface area (Å²) in [7, 11) is 1.76. The highest BCUT2D eigenvalue weighted by Crippen LogP contribution is 2.34. The van der Waals surface area contributed by atoms with E-state index in [0.717, 1.165) is 59.7 Å². The first kappa shape index (κ1) is 23.4. The normalized spacial score (nSPS) is 20.7. The quantitative estimate of drug-likeness (QED) is 0.501. The summed E-state index contributed by atoms with van der Waals surface area (Å²) in [5, 5.41) is 23.4. The minimum atomic E-state index is -0.527. The van der Waals surface area contributed by atoms with E-state index in [0.29, 0.717) is 23.5 Å². The number of ether oxygens (including phenoxy) is 1. The summed E-state index contributed by atoms with van der Waals surface area (Å²) in [5.74, 6) is 1.58. The van der Waals surface area contributed by atoms with Gasteiger partial charge in [0.2, 0.25) is 0 Å². The van der Waals surface area contributed by atoms with Crippen LogP contribution in [0.4, 0.5) is 11.6 Å². The topological polar surface area (TPSA) is 116 Å². The molecule has 0 amide bonds. The number of methoxy groups -OCH3 is 1. The summed E-state index contributed by atoms with van der Waals surface area (Å²) in [5.41, 5.74) is 9.70. The Balaban J connectivity index is 1.44. The van der Waals surface area contributed by atoms with Crippen molar-refractivity contribution in [1.82, 2.24) is 20.1 Å². The van der Waals surface area contributed by atoms with Crippen LogP contribution in [-0.2, 0) is 4.74 Å². The number of piperidine rings is 2. The number of fused-ring (bicyclic) bond motifs is 4. The Morgan fingerprint density at radius 2 is 2.03 bits per heavy atom. The van der Waals surface area contributed by atoms with E-state index >= 15 is 0 Å². The van der Waals surface area contributed by atoms with E-state index < -0.39 is 6.17 Å². The van der Waals surface area contributed by atoms with E-state index in [1.54, 1.807) is 13.2 Å². The van der Waals surface area contributed by atoms with E-state index in [2.05, 4.69) is 37.4 Å². The molecule has 2 aromatic heterocycles. The van der Waals surface area contributed by atoms with Crippen molar-refractivity contribution in [2.45, 2.75) is 44.9 Å². The molecule has 3 aromatic rings.